The Morgan fingerprint density at radius 1 is 1.50 bits per heavy atom. The average molecular weight is 282 g/mol. The third-order valence-corrected chi connectivity index (χ3v) is 3.99. The zero-order chi connectivity index (χ0) is 13.5. The van der Waals surface area contributed by atoms with Crippen LogP contribution in [0.1, 0.15) is 16.5 Å². The molecule has 1 fully saturated rings. The minimum absolute atomic E-state index is 0.172. The van der Waals surface area contributed by atoms with E-state index < -0.39 is 27.8 Å². The van der Waals surface area contributed by atoms with Gasteiger partial charge in [0.1, 0.15) is 0 Å². The summed E-state index contributed by atoms with van der Waals surface area (Å²) in [7, 11) is -4.57. The van der Waals surface area contributed by atoms with Crippen LogP contribution < -0.4 is 0 Å². The molecule has 0 aromatic carbocycles. The van der Waals surface area contributed by atoms with Crippen molar-refractivity contribution in [1.82, 2.24) is 19.3 Å². The molecule has 2 rings (SSSR count). The maximum absolute atomic E-state index is 12.2. The van der Waals surface area contributed by atoms with Gasteiger partial charge in [-0.1, -0.05) is 5.21 Å². The molecule has 100 valence electrons. The fourth-order valence-corrected chi connectivity index (χ4v) is 2.44. The average Bonchev–Trinajstić information content (AvgIpc) is 2.63. The number of aromatic nitrogens is 3. The number of carboxylic acid groups (broad SMARTS) is 1. The number of halogens is 2. The monoisotopic (exact) mass is 282 g/mol. The van der Waals surface area contributed by atoms with Crippen LogP contribution in [0.4, 0.5) is 8.78 Å². The molecule has 0 aliphatic carbocycles. The van der Waals surface area contributed by atoms with Crippen LogP contribution in [0.3, 0.4) is 0 Å². The quantitative estimate of drug-likeness (QED) is 0.789. The molecule has 1 saturated heterocycles. The number of carbonyl (C=O) groups is 1. The number of hydrogen-bond donors (Lipinski definition) is 1. The Bertz CT molecular complexity index is 566. The second-order valence-corrected chi connectivity index (χ2v) is 5.57. The van der Waals surface area contributed by atoms with E-state index in [2.05, 4.69) is 10.3 Å². The van der Waals surface area contributed by atoms with Gasteiger partial charge in [-0.25, -0.2) is 17.9 Å². The first kappa shape index (κ1) is 12.8. The molecule has 1 aromatic rings. The third kappa shape index (κ3) is 2.06. The fourth-order valence-electron chi connectivity index (χ4n) is 1.46. The number of nitrogens with zero attached hydrogens (tertiary/aromatic N) is 4. The molecule has 0 amide bonds. The number of rotatable bonds is 4. The molecule has 0 spiro atoms. The van der Waals surface area contributed by atoms with Gasteiger partial charge in [0.2, 0.25) is 0 Å². The van der Waals surface area contributed by atoms with Crippen molar-refractivity contribution < 1.29 is 27.1 Å². The van der Waals surface area contributed by atoms with E-state index in [1.165, 1.54) is 0 Å². The van der Waals surface area contributed by atoms with Gasteiger partial charge in [-0.2, -0.15) is 13.1 Å². The van der Waals surface area contributed by atoms with Crippen LogP contribution in [0.5, 0.6) is 0 Å². The Labute approximate surface area is 99.9 Å². The normalized spacial score (nSPS) is 17.9. The molecule has 0 atom stereocenters. The van der Waals surface area contributed by atoms with Gasteiger partial charge in [-0.05, 0) is 0 Å². The molecule has 11 heteroatoms. The van der Waals surface area contributed by atoms with E-state index in [0.29, 0.717) is 4.31 Å². The number of sulfonamides is 1. The molecule has 0 radical (unpaired) electrons. The Kier molecular flexibility index (Phi) is 3.02. The first-order valence-corrected chi connectivity index (χ1v) is 6.25. The maximum Gasteiger partial charge on any atom is 0.358 e. The van der Waals surface area contributed by atoms with Crippen LogP contribution in [-0.4, -0.2) is 57.6 Å². The lowest BCUT2D eigenvalue weighted by atomic mass is 10.2. The third-order valence-electron chi connectivity index (χ3n) is 2.52. The van der Waals surface area contributed by atoms with Crippen molar-refractivity contribution >= 4 is 16.0 Å². The van der Waals surface area contributed by atoms with Gasteiger partial charge in [0.05, 0.1) is 12.2 Å². The molecule has 18 heavy (non-hydrogen) atoms. The highest BCUT2D eigenvalue weighted by molar-refractivity contribution is 7.89. The molecule has 2 heterocycles. The van der Waals surface area contributed by atoms with Gasteiger partial charge < -0.3 is 5.11 Å². The second-order valence-electron chi connectivity index (χ2n) is 3.67. The van der Waals surface area contributed by atoms with E-state index >= 15 is 0 Å². The van der Waals surface area contributed by atoms with Crippen molar-refractivity contribution in [3.63, 3.8) is 0 Å². The SMILES string of the molecule is O=C(O)c1cn(C2CN(S(=O)(=O)C(F)F)C2)nn1. The molecule has 0 saturated carbocycles. The van der Waals surface area contributed by atoms with Crippen LogP contribution in [0.25, 0.3) is 0 Å². The summed E-state index contributed by atoms with van der Waals surface area (Å²) in [5.74, 6) is -4.72. The fraction of sp³-hybridized carbons (Fsp3) is 0.571. The highest BCUT2D eigenvalue weighted by Gasteiger charge is 2.42. The van der Waals surface area contributed by atoms with E-state index in [4.69, 9.17) is 5.11 Å². The second kappa shape index (κ2) is 4.24. The summed E-state index contributed by atoms with van der Waals surface area (Å²) in [5, 5.41) is 15.4. The summed E-state index contributed by atoms with van der Waals surface area (Å²) in [4.78, 5) is 10.5. The first-order chi connectivity index (χ1) is 8.32. The van der Waals surface area contributed by atoms with Crippen LogP contribution >= 0.6 is 0 Å². The van der Waals surface area contributed by atoms with Crippen molar-refractivity contribution in [2.45, 2.75) is 11.8 Å². The van der Waals surface area contributed by atoms with Crippen molar-refractivity contribution in [2.75, 3.05) is 13.1 Å². The number of hydrogen-bond acceptors (Lipinski definition) is 5. The van der Waals surface area contributed by atoms with Crippen molar-refractivity contribution in [1.29, 1.82) is 0 Å². The lowest BCUT2D eigenvalue weighted by molar-refractivity contribution is 0.0690. The van der Waals surface area contributed by atoms with E-state index in [1.54, 1.807) is 0 Å². The minimum Gasteiger partial charge on any atom is -0.476 e. The molecular formula is C7H8F2N4O4S. The number of alkyl halides is 2. The summed E-state index contributed by atoms with van der Waals surface area (Å²) in [5.41, 5.74) is -0.287. The molecule has 0 unspecified atom stereocenters. The zero-order valence-corrected chi connectivity index (χ0v) is 9.59. The zero-order valence-electron chi connectivity index (χ0n) is 8.77. The standard InChI is InChI=1S/C7H8F2N4O4S/c8-7(9)18(16,17)12-1-4(2-12)13-3-5(6(14)15)10-11-13/h3-4,7H,1-2H2,(H,14,15). The summed E-state index contributed by atoms with van der Waals surface area (Å²) in [6.07, 6.45) is 1.12. The van der Waals surface area contributed by atoms with Crippen molar-refractivity contribution in [2.24, 2.45) is 0 Å². The smallest absolute Gasteiger partial charge is 0.358 e. The molecule has 1 aliphatic heterocycles. The lowest BCUT2D eigenvalue weighted by Crippen LogP contribution is -2.52. The van der Waals surface area contributed by atoms with Gasteiger partial charge >= 0.3 is 11.7 Å². The largest absolute Gasteiger partial charge is 0.476 e. The van der Waals surface area contributed by atoms with Gasteiger partial charge in [-0.15, -0.1) is 5.10 Å². The van der Waals surface area contributed by atoms with Crippen molar-refractivity contribution in [3.05, 3.63) is 11.9 Å². The highest BCUT2D eigenvalue weighted by Crippen LogP contribution is 2.26. The van der Waals surface area contributed by atoms with Gasteiger partial charge in [0, 0.05) is 13.1 Å². The predicted octanol–water partition coefficient (Wildman–Crippen LogP) is -0.615. The summed E-state index contributed by atoms with van der Waals surface area (Å²) >= 11 is 0. The van der Waals surface area contributed by atoms with Crippen molar-refractivity contribution in [3.8, 4) is 0 Å². The molecular weight excluding hydrogens is 274 g/mol. The van der Waals surface area contributed by atoms with Crippen LogP contribution in [0.15, 0.2) is 6.20 Å². The van der Waals surface area contributed by atoms with Gasteiger partial charge in [-0.3, -0.25) is 0 Å². The Morgan fingerprint density at radius 3 is 2.56 bits per heavy atom. The topological polar surface area (TPSA) is 105 Å². The van der Waals surface area contributed by atoms with Gasteiger partial charge in [0.15, 0.2) is 5.69 Å². The molecule has 8 nitrogen and oxygen atoms in total. The van der Waals surface area contributed by atoms with E-state index in [0.717, 1.165) is 10.9 Å². The van der Waals surface area contributed by atoms with Gasteiger partial charge in [0.25, 0.3) is 10.0 Å². The number of carboxylic acids is 1. The molecule has 0 bridgehead atoms. The molecule has 1 N–H and O–H groups in total. The minimum atomic E-state index is -4.57. The Balaban J connectivity index is 2.03. The maximum atomic E-state index is 12.2. The van der Waals surface area contributed by atoms with E-state index in [1.807, 2.05) is 0 Å². The summed E-state index contributed by atoms with van der Waals surface area (Å²) in [6.45, 7) is -0.343. The highest BCUT2D eigenvalue weighted by atomic mass is 32.2. The summed E-state index contributed by atoms with van der Waals surface area (Å²) < 4.78 is 48.2. The van der Waals surface area contributed by atoms with E-state index in [9.17, 15) is 22.0 Å². The Hall–Kier alpha value is -1.62. The Morgan fingerprint density at radius 2 is 2.11 bits per heavy atom. The first-order valence-electron chi connectivity index (χ1n) is 4.74. The van der Waals surface area contributed by atoms with Crippen LogP contribution in [-0.2, 0) is 10.0 Å². The van der Waals surface area contributed by atoms with Crippen LogP contribution in [0.2, 0.25) is 0 Å². The number of aromatic carboxylic acids is 1. The molecule has 1 aliphatic rings. The summed E-state index contributed by atoms with van der Waals surface area (Å²) in [6, 6.07) is -0.473. The van der Waals surface area contributed by atoms with Crippen LogP contribution in [0, 0.1) is 0 Å². The lowest BCUT2D eigenvalue weighted by Gasteiger charge is -2.37. The molecule has 1 aromatic heterocycles. The predicted molar refractivity (Wildman–Crippen MR) is 52.5 cm³/mol. The van der Waals surface area contributed by atoms with E-state index in [-0.39, 0.29) is 18.8 Å².